The summed E-state index contributed by atoms with van der Waals surface area (Å²) >= 11 is 2.38. The average molecular weight is 370 g/mol. The lowest BCUT2D eigenvalue weighted by Crippen LogP contribution is -1.80. The first-order valence-corrected chi connectivity index (χ1v) is 7.57. The van der Waals surface area contributed by atoms with Crippen LogP contribution in [0.25, 0.3) is 33.1 Å². The summed E-state index contributed by atoms with van der Waals surface area (Å²) in [6, 6.07) is 22.9. The van der Waals surface area contributed by atoms with Crippen molar-refractivity contribution in [2.75, 3.05) is 0 Å². The van der Waals surface area contributed by atoms with Crippen molar-refractivity contribution in [3.05, 3.63) is 70.3 Å². The fourth-order valence-electron chi connectivity index (χ4n) is 2.68. The number of rotatable bonds is 1. The lowest BCUT2D eigenvalue weighted by molar-refractivity contribution is 0.669. The molecule has 1 heterocycles. The van der Waals surface area contributed by atoms with E-state index in [2.05, 4.69) is 65.1 Å². The number of benzene rings is 3. The third kappa shape index (κ3) is 1.75. The van der Waals surface area contributed by atoms with Gasteiger partial charge in [-0.3, -0.25) is 0 Å². The maximum Gasteiger partial charge on any atom is 0.136 e. The van der Waals surface area contributed by atoms with E-state index in [0.29, 0.717) is 0 Å². The lowest BCUT2D eigenvalue weighted by atomic mass is 10.00. The number of halogens is 1. The number of fused-ring (bicyclic) bond motifs is 3. The lowest BCUT2D eigenvalue weighted by Gasteiger charge is -2.03. The Kier molecular flexibility index (Phi) is 2.77. The van der Waals surface area contributed by atoms with Gasteiger partial charge in [-0.05, 0) is 51.9 Å². The quantitative estimate of drug-likeness (QED) is 0.383. The Labute approximate surface area is 130 Å². The van der Waals surface area contributed by atoms with E-state index in [-0.39, 0.29) is 0 Å². The van der Waals surface area contributed by atoms with Crippen LogP contribution in [-0.2, 0) is 0 Å². The van der Waals surface area contributed by atoms with E-state index in [1.54, 1.807) is 0 Å². The molecule has 0 unspecified atom stereocenters. The molecule has 0 saturated heterocycles. The van der Waals surface area contributed by atoms with Crippen molar-refractivity contribution >= 4 is 44.5 Å². The Morgan fingerprint density at radius 1 is 0.650 bits per heavy atom. The second-order valence-electron chi connectivity index (χ2n) is 4.76. The van der Waals surface area contributed by atoms with Gasteiger partial charge in [-0.25, -0.2) is 0 Å². The summed E-state index contributed by atoms with van der Waals surface area (Å²) < 4.78 is 7.21. The summed E-state index contributed by atoms with van der Waals surface area (Å²) in [7, 11) is 0. The highest BCUT2D eigenvalue weighted by Crippen LogP contribution is 2.38. The van der Waals surface area contributed by atoms with E-state index in [1.807, 2.05) is 24.3 Å². The molecule has 1 nitrogen and oxygen atoms in total. The van der Waals surface area contributed by atoms with Gasteiger partial charge in [0.2, 0.25) is 0 Å². The average Bonchev–Trinajstić information content (AvgIpc) is 2.88. The molecule has 4 aromatic rings. The predicted octanol–water partition coefficient (Wildman–Crippen LogP) is 5.86. The minimum Gasteiger partial charge on any atom is -0.456 e. The fourth-order valence-corrected chi connectivity index (χ4v) is 3.43. The van der Waals surface area contributed by atoms with Crippen LogP contribution >= 0.6 is 22.6 Å². The zero-order chi connectivity index (χ0) is 13.5. The Morgan fingerprint density at radius 2 is 1.35 bits per heavy atom. The van der Waals surface area contributed by atoms with E-state index >= 15 is 0 Å². The molecule has 1 aromatic heterocycles. The minimum absolute atomic E-state index is 0.950. The largest absolute Gasteiger partial charge is 0.456 e. The highest BCUT2D eigenvalue weighted by atomic mass is 127. The second kappa shape index (κ2) is 4.63. The van der Waals surface area contributed by atoms with Crippen molar-refractivity contribution in [3.63, 3.8) is 0 Å². The van der Waals surface area contributed by atoms with Crippen molar-refractivity contribution in [3.8, 4) is 11.1 Å². The maximum absolute atomic E-state index is 5.99. The molecule has 20 heavy (non-hydrogen) atoms. The van der Waals surface area contributed by atoms with Gasteiger partial charge < -0.3 is 4.42 Å². The van der Waals surface area contributed by atoms with E-state index < -0.39 is 0 Å². The topological polar surface area (TPSA) is 13.1 Å². The Bertz CT molecular complexity index is 907. The molecule has 0 amide bonds. The summed E-state index contributed by atoms with van der Waals surface area (Å²) in [5.74, 6) is 0. The van der Waals surface area contributed by atoms with Gasteiger partial charge in [0, 0.05) is 14.3 Å². The van der Waals surface area contributed by atoms with Crippen molar-refractivity contribution in [1.82, 2.24) is 0 Å². The Hall–Kier alpha value is -1.81. The Balaban J connectivity index is 2.20. The number of hydrogen-bond acceptors (Lipinski definition) is 1. The fraction of sp³-hybridized carbons (Fsp3) is 0. The molecule has 0 N–H and O–H groups in total. The van der Waals surface area contributed by atoms with Crippen LogP contribution < -0.4 is 0 Å². The van der Waals surface area contributed by atoms with Crippen molar-refractivity contribution < 1.29 is 4.42 Å². The van der Waals surface area contributed by atoms with Gasteiger partial charge in [-0.15, -0.1) is 0 Å². The summed E-state index contributed by atoms with van der Waals surface area (Å²) in [5, 5.41) is 2.42. The zero-order valence-electron chi connectivity index (χ0n) is 10.6. The number of furan rings is 1. The van der Waals surface area contributed by atoms with Crippen LogP contribution in [0.15, 0.2) is 71.1 Å². The number of hydrogen-bond donors (Lipinski definition) is 0. The van der Waals surface area contributed by atoms with E-state index in [0.717, 1.165) is 11.2 Å². The van der Waals surface area contributed by atoms with Crippen molar-refractivity contribution in [1.29, 1.82) is 0 Å². The van der Waals surface area contributed by atoms with Crippen LogP contribution in [0.1, 0.15) is 0 Å². The van der Waals surface area contributed by atoms with E-state index in [1.165, 1.54) is 25.5 Å². The molecule has 0 aliphatic heterocycles. The van der Waals surface area contributed by atoms with E-state index in [9.17, 15) is 0 Å². The van der Waals surface area contributed by atoms with Crippen LogP contribution in [0, 0.1) is 3.57 Å². The normalized spacial score (nSPS) is 11.2. The van der Waals surface area contributed by atoms with Gasteiger partial charge >= 0.3 is 0 Å². The molecule has 4 rings (SSSR count). The third-order valence-corrected chi connectivity index (χ3v) is 4.46. The van der Waals surface area contributed by atoms with Crippen LogP contribution in [0.5, 0.6) is 0 Å². The van der Waals surface area contributed by atoms with Gasteiger partial charge in [0.1, 0.15) is 11.2 Å². The van der Waals surface area contributed by atoms with Gasteiger partial charge in [0.05, 0.1) is 0 Å². The molecule has 96 valence electrons. The third-order valence-electron chi connectivity index (χ3n) is 3.56. The molecule has 0 bridgehead atoms. The highest BCUT2D eigenvalue weighted by molar-refractivity contribution is 14.1. The summed E-state index contributed by atoms with van der Waals surface area (Å²) in [6.07, 6.45) is 0. The predicted molar refractivity (Wildman–Crippen MR) is 91.9 cm³/mol. The molecule has 0 aliphatic rings. The highest BCUT2D eigenvalue weighted by Gasteiger charge is 2.13. The van der Waals surface area contributed by atoms with Crippen LogP contribution in [0.4, 0.5) is 0 Å². The SMILES string of the molecule is Ic1cccc2oc3cccc(-c4ccccc4)c3c12. The standard InChI is InChI=1S/C18H11IO/c19-14-9-5-11-16-18(14)17-13(8-4-10-15(17)20-16)12-6-2-1-3-7-12/h1-11H. The zero-order valence-corrected chi connectivity index (χ0v) is 12.8. The molecular formula is C18H11IO. The molecule has 0 saturated carbocycles. The molecule has 0 atom stereocenters. The van der Waals surface area contributed by atoms with Crippen molar-refractivity contribution in [2.24, 2.45) is 0 Å². The molecule has 0 spiro atoms. The first-order valence-electron chi connectivity index (χ1n) is 6.50. The summed E-state index contributed by atoms with van der Waals surface area (Å²) in [4.78, 5) is 0. The van der Waals surface area contributed by atoms with Gasteiger partial charge in [-0.1, -0.05) is 48.5 Å². The summed E-state index contributed by atoms with van der Waals surface area (Å²) in [5.41, 5.74) is 4.35. The van der Waals surface area contributed by atoms with Gasteiger partial charge in [-0.2, -0.15) is 0 Å². The van der Waals surface area contributed by atoms with Crippen LogP contribution in [0.3, 0.4) is 0 Å². The molecule has 0 fully saturated rings. The van der Waals surface area contributed by atoms with Crippen LogP contribution in [-0.4, -0.2) is 0 Å². The molecule has 0 aliphatic carbocycles. The molecule has 0 radical (unpaired) electrons. The van der Waals surface area contributed by atoms with Crippen LogP contribution in [0.2, 0.25) is 0 Å². The molecular weight excluding hydrogens is 359 g/mol. The van der Waals surface area contributed by atoms with Gasteiger partial charge in [0.25, 0.3) is 0 Å². The smallest absolute Gasteiger partial charge is 0.136 e. The first-order chi connectivity index (χ1) is 9.84. The Morgan fingerprint density at radius 3 is 2.15 bits per heavy atom. The van der Waals surface area contributed by atoms with Crippen molar-refractivity contribution in [2.45, 2.75) is 0 Å². The van der Waals surface area contributed by atoms with E-state index in [4.69, 9.17) is 4.42 Å². The minimum atomic E-state index is 0.950. The summed E-state index contributed by atoms with van der Waals surface area (Å²) in [6.45, 7) is 0. The second-order valence-corrected chi connectivity index (χ2v) is 5.92. The molecule has 3 aromatic carbocycles. The molecule has 2 heteroatoms. The first kappa shape index (κ1) is 12.0. The van der Waals surface area contributed by atoms with Gasteiger partial charge in [0.15, 0.2) is 0 Å². The maximum atomic E-state index is 5.99. The monoisotopic (exact) mass is 370 g/mol.